The van der Waals surface area contributed by atoms with Crippen molar-refractivity contribution in [2.45, 2.75) is 54.6 Å². The highest BCUT2D eigenvalue weighted by Gasteiger charge is 2.58. The van der Waals surface area contributed by atoms with Crippen LogP contribution < -0.4 is 0 Å². The predicted molar refractivity (Wildman–Crippen MR) is 62.2 cm³/mol. The van der Waals surface area contributed by atoms with Gasteiger partial charge in [-0.3, -0.25) is 0 Å². The lowest BCUT2D eigenvalue weighted by molar-refractivity contribution is -0.263. The van der Waals surface area contributed by atoms with Gasteiger partial charge in [-0.15, -0.1) is 0 Å². The molecule has 0 nitrogen and oxygen atoms in total. The van der Waals surface area contributed by atoms with E-state index in [1.165, 1.54) is 6.92 Å². The zero-order chi connectivity index (χ0) is 13.3. The minimum Gasteiger partial charge on any atom is -0.170 e. The fourth-order valence-corrected chi connectivity index (χ4v) is 3.06. The average molecular weight is 238 g/mol. The molecular weight excluding hydrogens is 213 g/mol. The van der Waals surface area contributed by atoms with Crippen molar-refractivity contribution in [1.82, 2.24) is 0 Å². The van der Waals surface area contributed by atoms with Gasteiger partial charge < -0.3 is 0 Å². The molecule has 0 fully saturated rings. The van der Waals surface area contributed by atoms with Crippen molar-refractivity contribution >= 4 is 0 Å². The van der Waals surface area contributed by atoms with Gasteiger partial charge in [-0.25, -0.2) is 0 Å². The Bertz CT molecular complexity index is 208. The van der Waals surface area contributed by atoms with Gasteiger partial charge in [-0.05, 0) is 23.7 Å². The maximum atomic E-state index is 13.3. The molecule has 0 aromatic carbocycles. The highest BCUT2D eigenvalue weighted by molar-refractivity contribution is 4.93. The molecule has 0 amide bonds. The lowest BCUT2D eigenvalue weighted by atomic mass is 9.61. The Morgan fingerprint density at radius 3 is 1.12 bits per heavy atom. The topological polar surface area (TPSA) is 0 Å². The molecule has 98 valence electrons. The quantitative estimate of drug-likeness (QED) is 0.636. The van der Waals surface area contributed by atoms with Crippen molar-refractivity contribution < 1.29 is 13.2 Å². The van der Waals surface area contributed by atoms with Crippen LogP contribution in [0.4, 0.5) is 13.2 Å². The first kappa shape index (κ1) is 15.8. The second-order valence-corrected chi connectivity index (χ2v) is 5.95. The Hall–Kier alpha value is -0.210. The summed E-state index contributed by atoms with van der Waals surface area (Å²) in [4.78, 5) is 0. The minimum atomic E-state index is -4.14. The third kappa shape index (κ3) is 2.72. The summed E-state index contributed by atoms with van der Waals surface area (Å²) in [5.41, 5.74) is -1.60. The summed E-state index contributed by atoms with van der Waals surface area (Å²) in [6.45, 7) is 12.3. The van der Waals surface area contributed by atoms with Crippen molar-refractivity contribution in [1.29, 1.82) is 0 Å². The first-order valence-electron chi connectivity index (χ1n) is 6.03. The van der Waals surface area contributed by atoms with Crippen LogP contribution in [0, 0.1) is 29.1 Å². The van der Waals surface area contributed by atoms with Crippen molar-refractivity contribution in [3.8, 4) is 0 Å². The molecular formula is C13H25F3. The van der Waals surface area contributed by atoms with E-state index >= 15 is 0 Å². The number of hydrogen-bond donors (Lipinski definition) is 0. The summed E-state index contributed by atoms with van der Waals surface area (Å²) in [6, 6.07) is 0. The Balaban J connectivity index is 5.49. The van der Waals surface area contributed by atoms with Crippen LogP contribution in [0.1, 0.15) is 48.5 Å². The second kappa shape index (κ2) is 4.97. The Morgan fingerprint density at radius 2 is 1.06 bits per heavy atom. The van der Waals surface area contributed by atoms with Crippen LogP contribution in [0.5, 0.6) is 0 Å². The number of rotatable bonds is 4. The standard InChI is InChI=1S/C13H25F3/c1-8(2)11(9(3)4)12(7,10(5)6)13(14,15)16/h8-11H,1-7H3. The molecule has 0 bridgehead atoms. The smallest absolute Gasteiger partial charge is 0.170 e. The fourth-order valence-electron chi connectivity index (χ4n) is 3.06. The van der Waals surface area contributed by atoms with Crippen LogP contribution in [-0.4, -0.2) is 6.18 Å². The lowest BCUT2D eigenvalue weighted by Gasteiger charge is -2.46. The fraction of sp³-hybridized carbons (Fsp3) is 1.00. The molecule has 0 N–H and O–H groups in total. The van der Waals surface area contributed by atoms with E-state index in [0.29, 0.717) is 0 Å². The van der Waals surface area contributed by atoms with Gasteiger partial charge in [0, 0.05) is 0 Å². The lowest BCUT2D eigenvalue weighted by Crippen LogP contribution is -2.49. The molecule has 0 aromatic rings. The maximum absolute atomic E-state index is 13.3. The summed E-state index contributed by atoms with van der Waals surface area (Å²) in [5.74, 6) is -0.669. The molecule has 1 atom stereocenters. The summed E-state index contributed by atoms with van der Waals surface area (Å²) in [6.07, 6.45) is -4.14. The molecule has 0 heterocycles. The van der Waals surface area contributed by atoms with Crippen LogP contribution in [-0.2, 0) is 0 Å². The van der Waals surface area contributed by atoms with E-state index in [4.69, 9.17) is 0 Å². The van der Waals surface area contributed by atoms with E-state index in [9.17, 15) is 13.2 Å². The summed E-state index contributed by atoms with van der Waals surface area (Å²) in [7, 11) is 0. The molecule has 16 heavy (non-hydrogen) atoms. The van der Waals surface area contributed by atoms with Gasteiger partial charge in [-0.1, -0.05) is 48.5 Å². The molecule has 0 aliphatic carbocycles. The van der Waals surface area contributed by atoms with Crippen molar-refractivity contribution in [3.63, 3.8) is 0 Å². The molecule has 3 heteroatoms. The average Bonchev–Trinajstić information content (AvgIpc) is 1.99. The van der Waals surface area contributed by atoms with Crippen LogP contribution >= 0.6 is 0 Å². The van der Waals surface area contributed by atoms with Gasteiger partial charge in [0.2, 0.25) is 0 Å². The van der Waals surface area contributed by atoms with Crippen molar-refractivity contribution in [3.05, 3.63) is 0 Å². The van der Waals surface area contributed by atoms with Gasteiger partial charge in [0.05, 0.1) is 5.41 Å². The molecule has 0 aromatic heterocycles. The zero-order valence-electron chi connectivity index (χ0n) is 11.4. The normalized spacial score (nSPS) is 17.6. The predicted octanol–water partition coefficient (Wildman–Crippen LogP) is 5.14. The summed E-state index contributed by atoms with van der Waals surface area (Å²) >= 11 is 0. The molecule has 0 radical (unpaired) electrons. The van der Waals surface area contributed by atoms with E-state index < -0.39 is 17.5 Å². The van der Waals surface area contributed by atoms with Gasteiger partial charge in [0.15, 0.2) is 0 Å². The molecule has 0 rings (SSSR count). The largest absolute Gasteiger partial charge is 0.394 e. The molecule has 0 spiro atoms. The van der Waals surface area contributed by atoms with Gasteiger partial charge in [-0.2, -0.15) is 13.2 Å². The molecule has 1 unspecified atom stereocenters. The van der Waals surface area contributed by atoms with E-state index in [-0.39, 0.29) is 17.8 Å². The van der Waals surface area contributed by atoms with E-state index in [0.717, 1.165) is 0 Å². The minimum absolute atomic E-state index is 0.0361. The molecule has 0 saturated heterocycles. The van der Waals surface area contributed by atoms with Crippen LogP contribution in [0.15, 0.2) is 0 Å². The monoisotopic (exact) mass is 238 g/mol. The highest BCUT2D eigenvalue weighted by atomic mass is 19.4. The van der Waals surface area contributed by atoms with Gasteiger partial charge in [0.25, 0.3) is 0 Å². The number of hydrogen-bond acceptors (Lipinski definition) is 0. The molecule has 0 saturated carbocycles. The number of halogens is 3. The van der Waals surface area contributed by atoms with E-state index in [1.807, 2.05) is 27.7 Å². The molecule has 0 aliphatic rings. The van der Waals surface area contributed by atoms with Crippen molar-refractivity contribution in [2.75, 3.05) is 0 Å². The Labute approximate surface area is 97.6 Å². The zero-order valence-corrected chi connectivity index (χ0v) is 11.4. The summed E-state index contributed by atoms with van der Waals surface area (Å²) < 4.78 is 40.0. The third-order valence-corrected chi connectivity index (χ3v) is 3.94. The van der Waals surface area contributed by atoms with Crippen LogP contribution in [0.25, 0.3) is 0 Å². The second-order valence-electron chi connectivity index (χ2n) is 5.95. The van der Waals surface area contributed by atoms with Crippen LogP contribution in [0.3, 0.4) is 0 Å². The summed E-state index contributed by atoms with van der Waals surface area (Å²) in [5, 5.41) is 0. The van der Waals surface area contributed by atoms with Crippen molar-refractivity contribution in [2.24, 2.45) is 29.1 Å². The maximum Gasteiger partial charge on any atom is 0.394 e. The van der Waals surface area contributed by atoms with Crippen LogP contribution in [0.2, 0.25) is 0 Å². The van der Waals surface area contributed by atoms with Gasteiger partial charge >= 0.3 is 6.18 Å². The Kier molecular flexibility index (Phi) is 4.90. The first-order valence-corrected chi connectivity index (χ1v) is 6.03. The number of alkyl halides is 3. The van der Waals surface area contributed by atoms with E-state index in [1.54, 1.807) is 13.8 Å². The Morgan fingerprint density at radius 1 is 0.750 bits per heavy atom. The van der Waals surface area contributed by atoms with E-state index in [2.05, 4.69) is 0 Å². The SMILES string of the molecule is CC(C)C(C(C)C)C(C)(C(C)C)C(F)(F)F. The third-order valence-electron chi connectivity index (χ3n) is 3.94. The first-order chi connectivity index (χ1) is 6.96. The highest BCUT2D eigenvalue weighted by Crippen LogP contribution is 2.53. The molecule has 0 aliphatic heterocycles. The van der Waals surface area contributed by atoms with Gasteiger partial charge in [0.1, 0.15) is 0 Å².